The van der Waals surface area contributed by atoms with Crippen LogP contribution in [0.1, 0.15) is 51.2 Å². The van der Waals surface area contributed by atoms with Gasteiger partial charge >= 0.3 is 18.3 Å². The van der Waals surface area contributed by atoms with E-state index in [0.717, 1.165) is 12.1 Å². The van der Waals surface area contributed by atoms with Gasteiger partial charge in [-0.1, -0.05) is 0 Å². The third kappa shape index (κ3) is 7.32. The highest BCUT2D eigenvalue weighted by Gasteiger charge is 2.41. The molecule has 0 aromatic heterocycles. The number of carbonyl (C=O) groups excluding carboxylic acids is 2. The Labute approximate surface area is 175 Å². The summed E-state index contributed by atoms with van der Waals surface area (Å²) in [6.07, 6.45) is -9.12. The van der Waals surface area contributed by atoms with E-state index >= 15 is 0 Å². The van der Waals surface area contributed by atoms with Crippen molar-refractivity contribution in [3.8, 4) is 5.75 Å². The maximum Gasteiger partial charge on any atom is 0.471 e. The van der Waals surface area contributed by atoms with Gasteiger partial charge in [0.1, 0.15) is 11.4 Å². The summed E-state index contributed by atoms with van der Waals surface area (Å²) in [5.41, 5.74) is -1.46. The lowest BCUT2D eigenvalue weighted by Gasteiger charge is -2.24. The third-order valence-corrected chi connectivity index (χ3v) is 4.65. The van der Waals surface area contributed by atoms with Gasteiger partial charge in [-0.15, -0.1) is 0 Å². The van der Waals surface area contributed by atoms with Crippen LogP contribution in [-0.2, 0) is 22.3 Å². The topological polar surface area (TPSA) is 67.4 Å². The highest BCUT2D eigenvalue weighted by Crippen LogP contribution is 2.34. The van der Waals surface area contributed by atoms with Crippen LogP contribution in [-0.4, -0.2) is 29.6 Å². The Balaban J connectivity index is 2.04. The molecule has 1 saturated carbocycles. The van der Waals surface area contributed by atoms with Crippen LogP contribution >= 0.6 is 0 Å². The minimum absolute atomic E-state index is 0.0155. The molecule has 0 bridgehead atoms. The Morgan fingerprint density at radius 2 is 1.71 bits per heavy atom. The van der Waals surface area contributed by atoms with Crippen LogP contribution in [0, 0.1) is 5.92 Å². The molecule has 1 fully saturated rings. The van der Waals surface area contributed by atoms with E-state index in [1.165, 1.54) is 6.07 Å². The summed E-state index contributed by atoms with van der Waals surface area (Å²) in [4.78, 5) is 23.4. The van der Waals surface area contributed by atoms with E-state index in [9.17, 15) is 35.9 Å². The van der Waals surface area contributed by atoms with Crippen molar-refractivity contribution in [2.75, 3.05) is 0 Å². The fourth-order valence-electron chi connectivity index (χ4n) is 3.27. The number of hydrogen-bond acceptors (Lipinski definition) is 3. The number of rotatable bonds is 5. The van der Waals surface area contributed by atoms with Gasteiger partial charge in [-0.25, -0.2) is 0 Å². The molecule has 174 valence electrons. The molecule has 31 heavy (non-hydrogen) atoms. The lowest BCUT2D eigenvalue weighted by molar-refractivity contribution is -0.174. The summed E-state index contributed by atoms with van der Waals surface area (Å²) in [6.45, 7) is 4.92. The zero-order valence-electron chi connectivity index (χ0n) is 17.2. The van der Waals surface area contributed by atoms with Crippen molar-refractivity contribution < 1.29 is 40.7 Å². The van der Waals surface area contributed by atoms with Crippen LogP contribution in [0.25, 0.3) is 0 Å². The molecule has 1 aliphatic rings. The van der Waals surface area contributed by atoms with Gasteiger partial charge in [-0.2, -0.15) is 26.3 Å². The molecule has 1 aromatic rings. The number of hydrogen-bond donors (Lipinski definition) is 2. The first-order valence-electron chi connectivity index (χ1n) is 9.61. The fourth-order valence-corrected chi connectivity index (χ4v) is 3.27. The molecular weight excluding hydrogens is 430 g/mol. The molecule has 2 unspecified atom stereocenters. The summed E-state index contributed by atoms with van der Waals surface area (Å²) in [7, 11) is 0. The van der Waals surface area contributed by atoms with E-state index in [1.807, 2.05) is 5.32 Å². The summed E-state index contributed by atoms with van der Waals surface area (Å²) in [5.74, 6) is -3.05. The lowest BCUT2D eigenvalue weighted by Crippen LogP contribution is -2.42. The number of benzene rings is 1. The van der Waals surface area contributed by atoms with E-state index in [-0.39, 0.29) is 37.1 Å². The molecule has 0 saturated heterocycles. The first-order valence-corrected chi connectivity index (χ1v) is 9.61. The second kappa shape index (κ2) is 8.96. The summed E-state index contributed by atoms with van der Waals surface area (Å²) in [5, 5.41) is 4.38. The normalized spacial score (nSPS) is 19.8. The van der Waals surface area contributed by atoms with Gasteiger partial charge < -0.3 is 15.4 Å². The summed E-state index contributed by atoms with van der Waals surface area (Å²) < 4.78 is 82.0. The quantitative estimate of drug-likeness (QED) is 0.651. The monoisotopic (exact) mass is 454 g/mol. The Hall–Kier alpha value is -2.46. The standard InChI is InChI=1S/C20H24F6N2O3/c1-18(2,3)31-15-7-5-13(19(21,22)23)8-12(15)10-27-16(29)11-4-6-14(9-11)28-17(30)20(24,25)26/h5,7-8,11,14H,4,6,9-10H2,1-3H3,(H,27,29)(H,28,30). The zero-order valence-corrected chi connectivity index (χ0v) is 17.2. The molecule has 0 heterocycles. The second-order valence-corrected chi connectivity index (χ2v) is 8.43. The van der Waals surface area contributed by atoms with Crippen molar-refractivity contribution in [2.45, 2.75) is 70.6 Å². The predicted octanol–water partition coefficient (Wildman–Crippen LogP) is 4.35. The van der Waals surface area contributed by atoms with Crippen molar-refractivity contribution in [1.82, 2.24) is 10.6 Å². The molecule has 2 N–H and O–H groups in total. The number of alkyl halides is 6. The molecule has 1 aromatic carbocycles. The van der Waals surface area contributed by atoms with Crippen molar-refractivity contribution in [3.63, 3.8) is 0 Å². The Bertz CT molecular complexity index is 815. The molecule has 5 nitrogen and oxygen atoms in total. The van der Waals surface area contributed by atoms with Crippen LogP contribution < -0.4 is 15.4 Å². The Morgan fingerprint density at radius 1 is 1.06 bits per heavy atom. The van der Waals surface area contributed by atoms with Crippen molar-refractivity contribution in [3.05, 3.63) is 29.3 Å². The SMILES string of the molecule is CC(C)(C)Oc1ccc(C(F)(F)F)cc1CNC(=O)C1CCC(NC(=O)C(F)(F)F)C1. The van der Waals surface area contributed by atoms with Gasteiger partial charge in [0, 0.05) is 24.1 Å². The van der Waals surface area contributed by atoms with Crippen LogP contribution in [0.4, 0.5) is 26.3 Å². The van der Waals surface area contributed by atoms with Gasteiger partial charge in [0.25, 0.3) is 0 Å². The first kappa shape index (κ1) is 24.8. The number of halogens is 6. The predicted molar refractivity (Wildman–Crippen MR) is 99.0 cm³/mol. The molecule has 2 amide bonds. The van der Waals surface area contributed by atoms with Crippen molar-refractivity contribution in [2.24, 2.45) is 5.92 Å². The largest absolute Gasteiger partial charge is 0.488 e. The maximum absolute atomic E-state index is 13.1. The zero-order chi connectivity index (χ0) is 23.6. The van der Waals surface area contributed by atoms with E-state index < -0.39 is 47.3 Å². The Kier molecular flexibility index (Phi) is 7.17. The van der Waals surface area contributed by atoms with E-state index in [0.29, 0.717) is 0 Å². The second-order valence-electron chi connectivity index (χ2n) is 8.43. The van der Waals surface area contributed by atoms with E-state index in [4.69, 9.17) is 4.74 Å². The van der Waals surface area contributed by atoms with Gasteiger partial charge in [-0.3, -0.25) is 9.59 Å². The minimum atomic E-state index is -5.01. The van der Waals surface area contributed by atoms with Gasteiger partial charge in [0.15, 0.2) is 0 Å². The Morgan fingerprint density at radius 3 is 2.26 bits per heavy atom. The molecule has 0 spiro atoms. The minimum Gasteiger partial charge on any atom is -0.488 e. The number of ether oxygens (including phenoxy) is 1. The number of nitrogens with one attached hydrogen (secondary N) is 2. The van der Waals surface area contributed by atoms with Gasteiger partial charge in [0.2, 0.25) is 5.91 Å². The average molecular weight is 454 g/mol. The molecule has 2 atom stereocenters. The van der Waals surface area contributed by atoms with Crippen LogP contribution in [0.2, 0.25) is 0 Å². The van der Waals surface area contributed by atoms with Crippen molar-refractivity contribution in [1.29, 1.82) is 0 Å². The number of carbonyl (C=O) groups is 2. The third-order valence-electron chi connectivity index (χ3n) is 4.65. The van der Waals surface area contributed by atoms with Gasteiger partial charge in [0.05, 0.1) is 5.56 Å². The van der Waals surface area contributed by atoms with Crippen LogP contribution in [0.3, 0.4) is 0 Å². The average Bonchev–Trinajstić information content (AvgIpc) is 3.06. The summed E-state index contributed by atoms with van der Waals surface area (Å²) in [6, 6.07) is 2.17. The highest BCUT2D eigenvalue weighted by molar-refractivity contribution is 5.82. The highest BCUT2D eigenvalue weighted by atomic mass is 19.4. The molecule has 0 aliphatic heterocycles. The lowest BCUT2D eigenvalue weighted by atomic mass is 10.1. The van der Waals surface area contributed by atoms with Crippen LogP contribution in [0.5, 0.6) is 5.75 Å². The maximum atomic E-state index is 13.1. The molecule has 2 rings (SSSR count). The number of amides is 2. The fraction of sp³-hybridized carbons (Fsp3) is 0.600. The van der Waals surface area contributed by atoms with Crippen molar-refractivity contribution >= 4 is 11.8 Å². The smallest absolute Gasteiger partial charge is 0.471 e. The first-order chi connectivity index (χ1) is 14.1. The van der Waals surface area contributed by atoms with Gasteiger partial charge in [-0.05, 0) is 58.2 Å². The van der Waals surface area contributed by atoms with E-state index in [1.54, 1.807) is 20.8 Å². The summed E-state index contributed by atoms with van der Waals surface area (Å²) >= 11 is 0. The van der Waals surface area contributed by atoms with E-state index in [2.05, 4.69) is 5.32 Å². The molecule has 0 radical (unpaired) electrons. The molecule has 1 aliphatic carbocycles. The molecule has 11 heteroatoms. The molecular formula is C20H24F6N2O3. The van der Waals surface area contributed by atoms with Crippen LogP contribution in [0.15, 0.2) is 18.2 Å².